The number of halogens is 1. The number of carbonyl (C=O) groups excluding carboxylic acids is 1. The fourth-order valence-corrected chi connectivity index (χ4v) is 6.52. The zero-order valence-corrected chi connectivity index (χ0v) is 24.2. The predicted octanol–water partition coefficient (Wildman–Crippen LogP) is 5.66. The Morgan fingerprint density at radius 2 is 1.52 bits per heavy atom. The molecule has 0 radical (unpaired) electrons. The number of ether oxygens (including phenoxy) is 1. The van der Waals surface area contributed by atoms with Crippen molar-refractivity contribution in [2.24, 2.45) is 0 Å². The maximum absolute atomic E-state index is 13.2. The van der Waals surface area contributed by atoms with Crippen LogP contribution in [0.15, 0.2) is 88.1 Å². The molecule has 0 bridgehead atoms. The first-order valence-electron chi connectivity index (χ1n) is 11.9. The average Bonchev–Trinajstić information content (AvgIpc) is 3.39. The van der Waals surface area contributed by atoms with Gasteiger partial charge in [0.2, 0.25) is 0 Å². The first-order chi connectivity index (χ1) is 18.7. The Bertz CT molecular complexity index is 1710. The van der Waals surface area contributed by atoms with Crippen LogP contribution in [0.4, 0.5) is 14.9 Å². The molecule has 3 aromatic carbocycles. The molecular formula is C27H26FN3O6S3. The van der Waals surface area contributed by atoms with E-state index in [1.807, 2.05) is 25.5 Å². The molecule has 40 heavy (non-hydrogen) atoms. The average molecular weight is 604 g/mol. The zero-order valence-electron chi connectivity index (χ0n) is 21.7. The molecule has 1 aromatic heterocycles. The molecule has 0 aliphatic carbocycles. The summed E-state index contributed by atoms with van der Waals surface area (Å²) < 4.78 is 73.0. The van der Waals surface area contributed by atoms with Crippen LogP contribution in [0.1, 0.15) is 31.9 Å². The van der Waals surface area contributed by atoms with E-state index < -0.39 is 32.0 Å². The molecule has 4 aromatic rings. The van der Waals surface area contributed by atoms with Crippen molar-refractivity contribution in [2.45, 2.75) is 42.7 Å². The minimum Gasteiger partial charge on any atom is -0.444 e. The number of rotatable bonds is 8. The lowest BCUT2D eigenvalue weighted by atomic mass is 9.87. The molecular weight excluding hydrogens is 578 g/mol. The molecule has 0 saturated carbocycles. The van der Waals surface area contributed by atoms with Gasteiger partial charge in [0.15, 0.2) is 5.03 Å². The first kappa shape index (κ1) is 29.2. The summed E-state index contributed by atoms with van der Waals surface area (Å²) in [6.07, 6.45) is -1.15. The number of hydrogen-bond donors (Lipinski definition) is 2. The molecule has 0 saturated heterocycles. The lowest BCUT2D eigenvalue weighted by Gasteiger charge is -2.19. The van der Waals surface area contributed by atoms with Gasteiger partial charge in [0.05, 0.1) is 4.90 Å². The second-order valence-electron chi connectivity index (χ2n) is 9.76. The Hall–Kier alpha value is -3.81. The van der Waals surface area contributed by atoms with Gasteiger partial charge in [0.1, 0.15) is 17.4 Å². The Morgan fingerprint density at radius 1 is 0.900 bits per heavy atom. The quantitative estimate of drug-likeness (QED) is 0.266. The molecule has 2 N–H and O–H groups in total. The van der Waals surface area contributed by atoms with Crippen LogP contribution < -0.4 is 9.44 Å². The molecule has 1 heterocycles. The van der Waals surface area contributed by atoms with E-state index in [0.29, 0.717) is 16.1 Å². The summed E-state index contributed by atoms with van der Waals surface area (Å²) >= 11 is 1.11. The molecule has 0 aliphatic heterocycles. The second-order valence-corrected chi connectivity index (χ2v) is 13.9. The van der Waals surface area contributed by atoms with Crippen LogP contribution in [0.25, 0.3) is 10.6 Å². The van der Waals surface area contributed by atoms with Crippen LogP contribution in [0, 0.1) is 5.82 Å². The number of nitrogens with one attached hydrogen (secondary N) is 2. The maximum atomic E-state index is 13.2. The van der Waals surface area contributed by atoms with Crippen LogP contribution in [-0.2, 0) is 36.8 Å². The van der Waals surface area contributed by atoms with Crippen LogP contribution in [-0.4, -0.2) is 27.9 Å². The van der Waals surface area contributed by atoms with Gasteiger partial charge < -0.3 is 4.74 Å². The van der Waals surface area contributed by atoms with E-state index in [1.54, 1.807) is 12.1 Å². The van der Waals surface area contributed by atoms with Gasteiger partial charge in [-0.3, -0.25) is 4.72 Å². The fourth-order valence-electron chi connectivity index (χ4n) is 3.47. The monoisotopic (exact) mass is 603 g/mol. The third kappa shape index (κ3) is 7.23. The number of carbonyl (C=O) groups is 1. The summed E-state index contributed by atoms with van der Waals surface area (Å²) in [5.41, 5.74) is 2.12. The molecule has 210 valence electrons. The summed E-state index contributed by atoms with van der Waals surface area (Å²) in [4.78, 5) is 16.2. The van der Waals surface area contributed by atoms with Crippen molar-refractivity contribution in [2.75, 3.05) is 4.72 Å². The van der Waals surface area contributed by atoms with Crippen molar-refractivity contribution in [1.82, 2.24) is 9.71 Å². The van der Waals surface area contributed by atoms with Crippen molar-refractivity contribution in [3.63, 3.8) is 0 Å². The number of nitrogens with zero attached hydrogens (tertiary/aromatic N) is 1. The molecule has 0 aliphatic rings. The van der Waals surface area contributed by atoms with E-state index in [2.05, 4.69) is 9.71 Å². The molecule has 9 nitrogen and oxygen atoms in total. The van der Waals surface area contributed by atoms with E-state index in [4.69, 9.17) is 4.74 Å². The van der Waals surface area contributed by atoms with E-state index in [1.165, 1.54) is 66.0 Å². The molecule has 0 atom stereocenters. The molecule has 0 spiro atoms. The van der Waals surface area contributed by atoms with E-state index in [-0.39, 0.29) is 27.6 Å². The maximum Gasteiger partial charge on any atom is 0.421 e. The van der Waals surface area contributed by atoms with E-state index in [0.717, 1.165) is 16.9 Å². The highest BCUT2D eigenvalue weighted by atomic mass is 32.2. The second kappa shape index (κ2) is 11.4. The normalized spacial score (nSPS) is 12.1. The number of benzene rings is 3. The minimum absolute atomic E-state index is 0.0704. The van der Waals surface area contributed by atoms with Crippen LogP contribution in [0.3, 0.4) is 0 Å². The number of thiazole rings is 1. The van der Waals surface area contributed by atoms with Crippen LogP contribution in [0.5, 0.6) is 0 Å². The van der Waals surface area contributed by atoms with Gasteiger partial charge in [-0.2, -0.15) is 8.42 Å². The van der Waals surface area contributed by atoms with E-state index in [9.17, 15) is 26.0 Å². The molecule has 0 fully saturated rings. The van der Waals surface area contributed by atoms with Crippen molar-refractivity contribution in [3.8, 4) is 10.6 Å². The number of sulfonamides is 2. The van der Waals surface area contributed by atoms with Crippen molar-refractivity contribution in [3.05, 3.63) is 95.1 Å². The first-order valence-corrected chi connectivity index (χ1v) is 15.7. The Labute approximate surface area is 236 Å². The van der Waals surface area contributed by atoms with Gasteiger partial charge in [0, 0.05) is 16.6 Å². The third-order valence-corrected chi connectivity index (χ3v) is 9.31. The number of hydrogen-bond acceptors (Lipinski definition) is 8. The standard InChI is InChI=1S/C27H26FN3O6S3/c1-27(2,3)20-8-14-23(15-9-20)39(33,34)31-26(32)37-16-18-4-12-22(13-5-18)30-40(35,36)24-17-38-25(29-24)19-6-10-21(28)11-7-19/h4-15,17,30H,16H2,1-3H3,(H,31,32). The summed E-state index contributed by atoms with van der Waals surface area (Å²) in [7, 11) is -8.11. The minimum atomic E-state index is -4.12. The SMILES string of the molecule is CC(C)(C)c1ccc(S(=O)(=O)NC(=O)OCc2ccc(NS(=O)(=O)c3csc(-c4ccc(F)cc4)n3)cc2)cc1. The highest BCUT2D eigenvalue weighted by molar-refractivity contribution is 7.92. The zero-order chi connectivity index (χ0) is 29.1. The Morgan fingerprint density at radius 3 is 2.12 bits per heavy atom. The Balaban J connectivity index is 1.33. The molecule has 1 amide bonds. The molecule has 13 heteroatoms. The number of anilines is 1. The summed E-state index contributed by atoms with van der Waals surface area (Å²) in [6.45, 7) is 5.76. The Kier molecular flexibility index (Phi) is 8.28. The lowest BCUT2D eigenvalue weighted by Crippen LogP contribution is -2.31. The number of amides is 1. The number of aromatic nitrogens is 1. The van der Waals surface area contributed by atoms with Gasteiger partial charge in [0.25, 0.3) is 20.0 Å². The van der Waals surface area contributed by atoms with Gasteiger partial charge in [-0.05, 0) is 65.1 Å². The highest BCUT2D eigenvalue weighted by Gasteiger charge is 2.21. The van der Waals surface area contributed by atoms with Crippen molar-refractivity contribution < 1.29 is 30.8 Å². The van der Waals surface area contributed by atoms with Gasteiger partial charge in [-0.1, -0.05) is 45.0 Å². The van der Waals surface area contributed by atoms with Gasteiger partial charge >= 0.3 is 6.09 Å². The molecule has 4 rings (SSSR count). The van der Waals surface area contributed by atoms with Crippen molar-refractivity contribution in [1.29, 1.82) is 0 Å². The van der Waals surface area contributed by atoms with E-state index >= 15 is 0 Å². The van der Waals surface area contributed by atoms with Crippen LogP contribution in [0.2, 0.25) is 0 Å². The predicted molar refractivity (Wildman–Crippen MR) is 150 cm³/mol. The van der Waals surface area contributed by atoms with Gasteiger partial charge in [-0.25, -0.2) is 27.3 Å². The highest BCUT2D eigenvalue weighted by Crippen LogP contribution is 2.27. The summed E-state index contributed by atoms with van der Waals surface area (Å²) in [5, 5.41) is 1.62. The van der Waals surface area contributed by atoms with Crippen LogP contribution >= 0.6 is 11.3 Å². The fraction of sp³-hybridized carbons (Fsp3) is 0.185. The summed E-state index contributed by atoms with van der Waals surface area (Å²) in [5.74, 6) is -0.406. The molecule has 0 unspecified atom stereocenters. The topological polar surface area (TPSA) is 132 Å². The largest absolute Gasteiger partial charge is 0.444 e. The smallest absolute Gasteiger partial charge is 0.421 e. The van der Waals surface area contributed by atoms with Gasteiger partial charge in [-0.15, -0.1) is 11.3 Å². The summed E-state index contributed by atoms with van der Waals surface area (Å²) in [6, 6.07) is 17.8. The third-order valence-electron chi connectivity index (χ3n) is 5.67. The lowest BCUT2D eigenvalue weighted by molar-refractivity contribution is 0.146. The van der Waals surface area contributed by atoms with Crippen molar-refractivity contribution >= 4 is 43.2 Å².